The number of rotatable bonds is 13. The second-order valence-corrected chi connectivity index (χ2v) is 6.28. The van der Waals surface area contributed by atoms with Crippen molar-refractivity contribution in [3.05, 3.63) is 35.9 Å². The van der Waals surface area contributed by atoms with E-state index < -0.39 is 0 Å². The highest BCUT2D eigenvalue weighted by Crippen LogP contribution is 2.26. The van der Waals surface area contributed by atoms with E-state index in [1.54, 1.807) is 18.2 Å². The Labute approximate surface area is 146 Å². The Kier molecular flexibility index (Phi) is 10.7. The summed E-state index contributed by atoms with van der Waals surface area (Å²) in [5.41, 5.74) is 1.04. The van der Waals surface area contributed by atoms with Crippen LogP contribution >= 0.6 is 0 Å². The third-order valence-corrected chi connectivity index (χ3v) is 4.17. The van der Waals surface area contributed by atoms with Crippen LogP contribution in [0.25, 0.3) is 0 Å². The summed E-state index contributed by atoms with van der Waals surface area (Å²) in [6.45, 7) is 2.22. The molecular formula is C21H32O3. The summed E-state index contributed by atoms with van der Waals surface area (Å²) < 4.78 is 5.02. The lowest BCUT2D eigenvalue weighted by atomic mass is 10.1. The van der Waals surface area contributed by atoms with Gasteiger partial charge in [-0.2, -0.15) is 0 Å². The minimum atomic E-state index is 0.161. The number of hydrogen-bond acceptors (Lipinski definition) is 3. The van der Waals surface area contributed by atoms with Crippen molar-refractivity contribution >= 4 is 5.78 Å². The maximum absolute atomic E-state index is 11.8. The minimum absolute atomic E-state index is 0.161. The molecule has 0 aromatic heterocycles. The Morgan fingerprint density at radius 2 is 1.83 bits per heavy atom. The molecule has 24 heavy (non-hydrogen) atoms. The highest BCUT2D eigenvalue weighted by atomic mass is 16.5. The van der Waals surface area contributed by atoms with Crippen LogP contribution in [0.15, 0.2) is 30.4 Å². The quantitative estimate of drug-likeness (QED) is 0.378. The molecule has 0 amide bonds. The first kappa shape index (κ1) is 20.3. The van der Waals surface area contributed by atoms with E-state index in [2.05, 4.69) is 6.92 Å². The van der Waals surface area contributed by atoms with E-state index in [0.717, 1.165) is 31.2 Å². The van der Waals surface area contributed by atoms with Gasteiger partial charge in [0.2, 0.25) is 0 Å². The van der Waals surface area contributed by atoms with Crippen LogP contribution in [-0.4, -0.2) is 18.0 Å². The van der Waals surface area contributed by atoms with Crippen LogP contribution in [0.5, 0.6) is 11.5 Å². The van der Waals surface area contributed by atoms with Crippen molar-refractivity contribution in [2.75, 3.05) is 7.11 Å². The molecule has 3 nitrogen and oxygen atoms in total. The third kappa shape index (κ3) is 8.76. The summed E-state index contributed by atoms with van der Waals surface area (Å²) in [6, 6.07) is 5.42. The highest BCUT2D eigenvalue weighted by Gasteiger charge is 2.02. The minimum Gasteiger partial charge on any atom is -0.504 e. The van der Waals surface area contributed by atoms with Gasteiger partial charge >= 0.3 is 0 Å². The van der Waals surface area contributed by atoms with Gasteiger partial charge in [-0.3, -0.25) is 4.79 Å². The molecule has 1 rings (SSSR count). The Morgan fingerprint density at radius 3 is 2.50 bits per heavy atom. The molecule has 0 atom stereocenters. The first-order valence-corrected chi connectivity index (χ1v) is 9.22. The van der Waals surface area contributed by atoms with Crippen LogP contribution in [0.3, 0.4) is 0 Å². The van der Waals surface area contributed by atoms with Gasteiger partial charge in [0.1, 0.15) is 0 Å². The first-order chi connectivity index (χ1) is 11.7. The molecule has 0 saturated carbocycles. The van der Waals surface area contributed by atoms with Crippen LogP contribution in [0.2, 0.25) is 0 Å². The molecule has 0 heterocycles. The lowest BCUT2D eigenvalue weighted by Crippen LogP contribution is -1.93. The highest BCUT2D eigenvalue weighted by molar-refractivity contribution is 5.89. The summed E-state index contributed by atoms with van der Waals surface area (Å²) in [6.07, 6.45) is 14.5. The number of unbranched alkanes of at least 4 members (excludes halogenated alkanes) is 6. The van der Waals surface area contributed by atoms with Crippen molar-refractivity contribution in [1.29, 1.82) is 0 Å². The van der Waals surface area contributed by atoms with E-state index >= 15 is 0 Å². The zero-order chi connectivity index (χ0) is 17.6. The number of phenolic OH excluding ortho intramolecular Hbond substituents is 1. The molecule has 0 bridgehead atoms. The fourth-order valence-electron chi connectivity index (χ4n) is 2.70. The van der Waals surface area contributed by atoms with Crippen LogP contribution in [0.4, 0.5) is 0 Å². The van der Waals surface area contributed by atoms with Gasteiger partial charge in [0.15, 0.2) is 17.3 Å². The predicted octanol–water partition coefficient (Wildman–Crippen LogP) is 5.60. The second kappa shape index (κ2) is 12.6. The van der Waals surface area contributed by atoms with Gasteiger partial charge < -0.3 is 9.84 Å². The maximum atomic E-state index is 11.8. The second-order valence-electron chi connectivity index (χ2n) is 6.28. The van der Waals surface area contributed by atoms with Crippen LogP contribution in [0.1, 0.15) is 70.3 Å². The zero-order valence-electron chi connectivity index (χ0n) is 15.2. The number of ether oxygens (including phenoxy) is 1. The molecule has 3 heteroatoms. The number of hydrogen-bond donors (Lipinski definition) is 1. The van der Waals surface area contributed by atoms with E-state index in [1.807, 2.05) is 12.1 Å². The summed E-state index contributed by atoms with van der Waals surface area (Å²) in [4.78, 5) is 11.8. The summed E-state index contributed by atoms with van der Waals surface area (Å²) in [5, 5.41) is 9.73. The van der Waals surface area contributed by atoms with Crippen LogP contribution in [0, 0.1) is 0 Å². The number of carbonyl (C=O) groups is 1. The Morgan fingerprint density at radius 1 is 1.12 bits per heavy atom. The number of benzene rings is 1. The molecule has 1 N–H and O–H groups in total. The summed E-state index contributed by atoms with van der Waals surface area (Å²) in [7, 11) is 1.54. The van der Waals surface area contributed by atoms with Crippen molar-refractivity contribution in [2.45, 2.75) is 71.1 Å². The predicted molar refractivity (Wildman–Crippen MR) is 99.7 cm³/mol. The van der Waals surface area contributed by atoms with E-state index in [4.69, 9.17) is 4.74 Å². The fraction of sp³-hybridized carbons (Fsp3) is 0.571. The zero-order valence-corrected chi connectivity index (χ0v) is 15.2. The van der Waals surface area contributed by atoms with Gasteiger partial charge in [-0.15, -0.1) is 0 Å². The lowest BCUT2D eigenvalue weighted by Gasteiger charge is -2.05. The van der Waals surface area contributed by atoms with Crippen molar-refractivity contribution in [2.24, 2.45) is 0 Å². The topological polar surface area (TPSA) is 46.5 Å². The van der Waals surface area contributed by atoms with Gasteiger partial charge in [0.25, 0.3) is 0 Å². The van der Waals surface area contributed by atoms with Gasteiger partial charge in [-0.1, -0.05) is 57.6 Å². The number of allylic oxidation sites excluding steroid dienone is 2. The molecular weight excluding hydrogens is 300 g/mol. The van der Waals surface area contributed by atoms with E-state index in [1.165, 1.54) is 39.2 Å². The average molecular weight is 332 g/mol. The molecule has 0 fully saturated rings. The van der Waals surface area contributed by atoms with Gasteiger partial charge in [0.05, 0.1) is 7.11 Å². The smallest absolute Gasteiger partial charge is 0.160 e. The van der Waals surface area contributed by atoms with Crippen molar-refractivity contribution in [3.63, 3.8) is 0 Å². The summed E-state index contributed by atoms with van der Waals surface area (Å²) in [5.74, 6) is 0.870. The van der Waals surface area contributed by atoms with E-state index in [-0.39, 0.29) is 11.5 Å². The number of phenols is 1. The van der Waals surface area contributed by atoms with Gasteiger partial charge in [0, 0.05) is 6.42 Å². The lowest BCUT2D eigenvalue weighted by molar-refractivity contribution is -0.114. The number of ketones is 1. The Balaban J connectivity index is 2.13. The molecule has 1 aromatic carbocycles. The average Bonchev–Trinajstić information content (AvgIpc) is 2.58. The summed E-state index contributed by atoms with van der Waals surface area (Å²) >= 11 is 0. The van der Waals surface area contributed by atoms with E-state index in [9.17, 15) is 9.90 Å². The number of methoxy groups -OCH3 is 1. The molecule has 0 aliphatic rings. The maximum Gasteiger partial charge on any atom is 0.160 e. The number of aromatic hydroxyl groups is 1. The van der Waals surface area contributed by atoms with Gasteiger partial charge in [-0.05, 0) is 43.0 Å². The normalized spacial score (nSPS) is 11.1. The molecule has 0 aliphatic heterocycles. The molecule has 0 radical (unpaired) electrons. The molecule has 0 aliphatic carbocycles. The third-order valence-electron chi connectivity index (χ3n) is 4.17. The molecule has 0 unspecified atom stereocenters. The molecule has 0 saturated heterocycles. The fourth-order valence-corrected chi connectivity index (χ4v) is 2.70. The standard InChI is InChI=1S/C21H32O3/c1-3-4-5-6-7-8-9-13-19(22)14-11-10-12-18-15-16-21(24-2)20(23)17-18/h11,14-17,23H,3-10,12-13H2,1-2H3. The number of aryl methyl sites for hydroxylation is 1. The Bertz CT molecular complexity index is 506. The molecule has 1 aromatic rings. The molecule has 0 spiro atoms. The SMILES string of the molecule is CCCCCCCCCC(=O)C=CCCc1ccc(OC)c(O)c1. The monoisotopic (exact) mass is 332 g/mol. The van der Waals surface area contributed by atoms with Crippen molar-refractivity contribution in [3.8, 4) is 11.5 Å². The Hall–Kier alpha value is -1.77. The van der Waals surface area contributed by atoms with Crippen molar-refractivity contribution in [1.82, 2.24) is 0 Å². The first-order valence-electron chi connectivity index (χ1n) is 9.22. The van der Waals surface area contributed by atoms with E-state index in [0.29, 0.717) is 12.2 Å². The van der Waals surface area contributed by atoms with Gasteiger partial charge in [-0.25, -0.2) is 0 Å². The largest absolute Gasteiger partial charge is 0.504 e. The van der Waals surface area contributed by atoms with Crippen LogP contribution < -0.4 is 4.74 Å². The number of carbonyl (C=O) groups excluding carboxylic acids is 1. The van der Waals surface area contributed by atoms with Crippen LogP contribution in [-0.2, 0) is 11.2 Å². The molecule has 134 valence electrons. The van der Waals surface area contributed by atoms with Crippen molar-refractivity contribution < 1.29 is 14.6 Å².